The van der Waals surface area contributed by atoms with Gasteiger partial charge in [0.1, 0.15) is 5.82 Å². The Morgan fingerprint density at radius 1 is 1.28 bits per heavy atom. The number of aromatic nitrogens is 2. The van der Waals surface area contributed by atoms with Gasteiger partial charge in [-0.2, -0.15) is 5.10 Å². The zero-order chi connectivity index (χ0) is 13.3. The molecule has 0 spiro atoms. The Kier molecular flexibility index (Phi) is 3.82. The zero-order valence-electron chi connectivity index (χ0n) is 10.3. The monoisotopic (exact) mass is 311 g/mol. The van der Waals surface area contributed by atoms with E-state index in [9.17, 15) is 4.39 Å². The van der Waals surface area contributed by atoms with Crippen molar-refractivity contribution in [3.63, 3.8) is 0 Å². The van der Waals surface area contributed by atoms with E-state index < -0.39 is 0 Å². The van der Waals surface area contributed by atoms with Gasteiger partial charge in [0.05, 0.1) is 22.4 Å². The number of rotatable bonds is 3. The minimum atomic E-state index is -0.329. The summed E-state index contributed by atoms with van der Waals surface area (Å²) in [6.45, 7) is 4.08. The third-order valence-electron chi connectivity index (χ3n) is 2.80. The summed E-state index contributed by atoms with van der Waals surface area (Å²) in [4.78, 5) is 0. The molecule has 0 radical (unpaired) electrons. The Bertz CT molecular complexity index is 534. The standard InChI is InChI=1S/C13H15BrFN3/c1-8(2)18-13(11(14)7-17-18)12(16)9-3-5-10(15)6-4-9/h3-8,12H,16H2,1-2H3. The maximum Gasteiger partial charge on any atom is 0.123 e. The van der Waals surface area contributed by atoms with Gasteiger partial charge in [-0.05, 0) is 47.5 Å². The second kappa shape index (κ2) is 5.20. The smallest absolute Gasteiger partial charge is 0.123 e. The molecule has 0 aliphatic rings. The molecule has 18 heavy (non-hydrogen) atoms. The number of hydrogen-bond acceptors (Lipinski definition) is 2. The van der Waals surface area contributed by atoms with Crippen LogP contribution in [0.1, 0.15) is 37.2 Å². The molecule has 5 heteroatoms. The molecular formula is C13H15BrFN3. The molecule has 1 unspecified atom stereocenters. The molecule has 0 saturated heterocycles. The van der Waals surface area contributed by atoms with Crippen LogP contribution in [0.4, 0.5) is 4.39 Å². The Morgan fingerprint density at radius 3 is 2.44 bits per heavy atom. The quantitative estimate of drug-likeness (QED) is 0.944. The van der Waals surface area contributed by atoms with E-state index >= 15 is 0 Å². The maximum absolute atomic E-state index is 12.9. The SMILES string of the molecule is CC(C)n1ncc(Br)c1C(N)c1ccc(F)cc1. The van der Waals surface area contributed by atoms with Crippen LogP contribution in [0.15, 0.2) is 34.9 Å². The van der Waals surface area contributed by atoms with Crippen molar-refractivity contribution in [2.75, 3.05) is 0 Å². The van der Waals surface area contributed by atoms with Gasteiger partial charge in [0, 0.05) is 6.04 Å². The topological polar surface area (TPSA) is 43.8 Å². The molecule has 1 aromatic carbocycles. The summed E-state index contributed by atoms with van der Waals surface area (Å²) >= 11 is 3.46. The fraction of sp³-hybridized carbons (Fsp3) is 0.308. The number of benzene rings is 1. The summed E-state index contributed by atoms with van der Waals surface area (Å²) in [5, 5.41) is 4.30. The van der Waals surface area contributed by atoms with Gasteiger partial charge in [-0.1, -0.05) is 12.1 Å². The van der Waals surface area contributed by atoms with Crippen LogP contribution in [-0.2, 0) is 0 Å². The van der Waals surface area contributed by atoms with Crippen molar-refractivity contribution in [1.29, 1.82) is 0 Å². The lowest BCUT2D eigenvalue weighted by Crippen LogP contribution is -2.19. The molecule has 96 valence electrons. The average molecular weight is 312 g/mol. The Balaban J connectivity index is 2.42. The Labute approximate surface area is 114 Å². The Morgan fingerprint density at radius 2 is 1.89 bits per heavy atom. The van der Waals surface area contributed by atoms with Crippen molar-refractivity contribution >= 4 is 15.9 Å². The summed E-state index contributed by atoms with van der Waals surface area (Å²) < 4.78 is 15.7. The molecule has 0 fully saturated rings. The van der Waals surface area contributed by atoms with Gasteiger partial charge in [-0.25, -0.2) is 4.39 Å². The summed E-state index contributed by atoms with van der Waals surface area (Å²) in [7, 11) is 0. The van der Waals surface area contributed by atoms with Crippen LogP contribution in [0.3, 0.4) is 0 Å². The van der Waals surface area contributed by atoms with Crippen LogP contribution in [0.5, 0.6) is 0 Å². The van der Waals surface area contributed by atoms with Crippen LogP contribution in [-0.4, -0.2) is 9.78 Å². The van der Waals surface area contributed by atoms with Gasteiger partial charge >= 0.3 is 0 Å². The lowest BCUT2D eigenvalue weighted by atomic mass is 10.0. The van der Waals surface area contributed by atoms with E-state index in [1.54, 1.807) is 18.3 Å². The fourth-order valence-electron chi connectivity index (χ4n) is 1.88. The number of halogens is 2. The van der Waals surface area contributed by atoms with Crippen molar-refractivity contribution in [1.82, 2.24) is 9.78 Å². The summed E-state index contributed by atoms with van der Waals surface area (Å²) in [5.41, 5.74) is 8.00. The molecule has 2 rings (SSSR count). The largest absolute Gasteiger partial charge is 0.319 e. The predicted molar refractivity (Wildman–Crippen MR) is 72.7 cm³/mol. The molecule has 1 aromatic heterocycles. The molecule has 1 heterocycles. The molecule has 0 amide bonds. The first kappa shape index (κ1) is 13.2. The number of nitrogens with two attached hydrogens (primary N) is 1. The van der Waals surface area contributed by atoms with Crippen molar-refractivity contribution in [3.8, 4) is 0 Å². The summed E-state index contributed by atoms with van der Waals surface area (Å²) in [5.74, 6) is -0.262. The van der Waals surface area contributed by atoms with Crippen LogP contribution in [0.2, 0.25) is 0 Å². The van der Waals surface area contributed by atoms with Crippen LogP contribution in [0, 0.1) is 5.82 Å². The maximum atomic E-state index is 12.9. The number of hydrogen-bond donors (Lipinski definition) is 1. The van der Waals surface area contributed by atoms with Crippen molar-refractivity contribution in [2.24, 2.45) is 5.73 Å². The van der Waals surface area contributed by atoms with E-state index in [-0.39, 0.29) is 17.9 Å². The van der Waals surface area contributed by atoms with E-state index in [0.29, 0.717) is 0 Å². The minimum absolute atomic E-state index is 0.220. The van der Waals surface area contributed by atoms with Gasteiger partial charge in [-0.15, -0.1) is 0 Å². The van der Waals surface area contributed by atoms with Crippen molar-refractivity contribution in [3.05, 3.63) is 52.0 Å². The van der Waals surface area contributed by atoms with Gasteiger partial charge < -0.3 is 5.73 Å². The van der Waals surface area contributed by atoms with Gasteiger partial charge in [0.25, 0.3) is 0 Å². The number of nitrogens with zero attached hydrogens (tertiary/aromatic N) is 2. The van der Waals surface area contributed by atoms with Crippen molar-refractivity contribution in [2.45, 2.75) is 25.9 Å². The fourth-order valence-corrected chi connectivity index (χ4v) is 2.40. The lowest BCUT2D eigenvalue weighted by Gasteiger charge is -2.17. The highest BCUT2D eigenvalue weighted by Crippen LogP contribution is 2.28. The molecule has 1 atom stereocenters. The first-order valence-corrected chi connectivity index (χ1v) is 6.54. The van der Waals surface area contributed by atoms with Crippen LogP contribution in [0.25, 0.3) is 0 Å². The highest BCUT2D eigenvalue weighted by Gasteiger charge is 2.19. The second-order valence-corrected chi connectivity index (χ2v) is 5.30. The highest BCUT2D eigenvalue weighted by molar-refractivity contribution is 9.10. The molecule has 3 nitrogen and oxygen atoms in total. The third-order valence-corrected chi connectivity index (χ3v) is 3.41. The molecule has 0 aliphatic carbocycles. The Hall–Kier alpha value is -1.20. The van der Waals surface area contributed by atoms with E-state index in [2.05, 4.69) is 21.0 Å². The van der Waals surface area contributed by atoms with Gasteiger partial charge in [-0.3, -0.25) is 4.68 Å². The van der Waals surface area contributed by atoms with Crippen molar-refractivity contribution < 1.29 is 4.39 Å². The minimum Gasteiger partial charge on any atom is -0.319 e. The van der Waals surface area contributed by atoms with Gasteiger partial charge in [0.2, 0.25) is 0 Å². The molecule has 0 aliphatic heterocycles. The van der Waals surface area contributed by atoms with E-state index in [0.717, 1.165) is 15.7 Å². The summed E-state index contributed by atoms with van der Waals surface area (Å²) in [6, 6.07) is 6.12. The molecule has 0 saturated carbocycles. The molecular weight excluding hydrogens is 297 g/mol. The van der Waals surface area contributed by atoms with Crippen LogP contribution >= 0.6 is 15.9 Å². The second-order valence-electron chi connectivity index (χ2n) is 4.45. The normalized spacial score (nSPS) is 13.0. The third kappa shape index (κ3) is 2.47. The molecule has 2 N–H and O–H groups in total. The van der Waals surface area contributed by atoms with Crippen LogP contribution < -0.4 is 5.73 Å². The molecule has 2 aromatic rings. The van der Waals surface area contributed by atoms with E-state index in [4.69, 9.17) is 5.73 Å². The van der Waals surface area contributed by atoms with E-state index in [1.165, 1.54) is 12.1 Å². The summed E-state index contributed by atoms with van der Waals surface area (Å²) in [6.07, 6.45) is 1.73. The predicted octanol–water partition coefficient (Wildman–Crippen LogP) is 3.41. The average Bonchev–Trinajstić information content (AvgIpc) is 2.71. The van der Waals surface area contributed by atoms with E-state index in [1.807, 2.05) is 18.5 Å². The molecule has 0 bridgehead atoms. The first-order valence-electron chi connectivity index (χ1n) is 5.74. The van der Waals surface area contributed by atoms with Gasteiger partial charge in [0.15, 0.2) is 0 Å². The zero-order valence-corrected chi connectivity index (χ0v) is 11.9. The first-order chi connectivity index (χ1) is 8.50. The highest BCUT2D eigenvalue weighted by atomic mass is 79.9. The lowest BCUT2D eigenvalue weighted by molar-refractivity contribution is 0.498.